The van der Waals surface area contributed by atoms with E-state index in [1.165, 1.54) is 30.5 Å². The zero-order valence-electron chi connectivity index (χ0n) is 20.4. The van der Waals surface area contributed by atoms with Crippen LogP contribution in [0.1, 0.15) is 52.0 Å². The van der Waals surface area contributed by atoms with E-state index in [-0.39, 0.29) is 0 Å². The van der Waals surface area contributed by atoms with Crippen molar-refractivity contribution in [2.75, 3.05) is 11.9 Å². The summed E-state index contributed by atoms with van der Waals surface area (Å²) in [5.41, 5.74) is 7.59. The Hall–Kier alpha value is -2.54. The van der Waals surface area contributed by atoms with E-state index in [1.807, 2.05) is 54.9 Å². The molecule has 1 fully saturated rings. The SMILES string of the molecule is CC1(C)Oc2ncnc(N)c2N=C1c1ccccc1.CC1CCC(CP(=O)(O)c2ccsc2)CC1. The van der Waals surface area contributed by atoms with Crippen LogP contribution in [-0.4, -0.2) is 32.3 Å². The summed E-state index contributed by atoms with van der Waals surface area (Å²) in [6.07, 6.45) is 6.54. The number of thiophene rings is 1. The molecule has 5 rings (SSSR count). The molecule has 2 aromatic heterocycles. The average molecular weight is 513 g/mol. The maximum Gasteiger partial charge on any atom is 0.246 e. The third kappa shape index (κ3) is 6.18. The molecule has 1 aliphatic carbocycles. The van der Waals surface area contributed by atoms with Gasteiger partial charge in [0.25, 0.3) is 0 Å². The maximum absolute atomic E-state index is 12.2. The van der Waals surface area contributed by atoms with Gasteiger partial charge in [0.1, 0.15) is 11.9 Å². The van der Waals surface area contributed by atoms with E-state index in [4.69, 9.17) is 10.5 Å². The fourth-order valence-electron chi connectivity index (χ4n) is 4.52. The normalized spacial score (nSPS) is 22.5. The maximum atomic E-state index is 12.2. The number of nitrogens with two attached hydrogens (primary N) is 1. The van der Waals surface area contributed by atoms with Crippen molar-refractivity contribution in [3.8, 4) is 5.88 Å². The largest absolute Gasteiger partial charge is 0.463 e. The van der Waals surface area contributed by atoms with E-state index in [0.717, 1.165) is 30.0 Å². The predicted octanol–water partition coefficient (Wildman–Crippen LogP) is 5.82. The van der Waals surface area contributed by atoms with Crippen LogP contribution < -0.4 is 15.8 Å². The molecule has 186 valence electrons. The Kier molecular flexibility index (Phi) is 7.74. The molecular weight excluding hydrogens is 479 g/mol. The Labute approximate surface area is 211 Å². The summed E-state index contributed by atoms with van der Waals surface area (Å²) in [6, 6.07) is 11.7. The second-order valence-corrected chi connectivity index (χ2v) is 12.9. The standard InChI is InChI=1S/C14H14N4O.C12H19O2PS/c1-14(2)11(9-6-4-3-5-7-9)18-10-12(15)16-8-17-13(10)19-14;1-10-2-4-11(5-3-10)8-15(13,14)12-6-7-16-9-12/h3-8H,1-2H3,(H2,15,16,17);6-7,9-11H,2-5,8H2,1H3,(H,13,14). The smallest absolute Gasteiger partial charge is 0.246 e. The van der Waals surface area contributed by atoms with Crippen molar-refractivity contribution in [2.45, 2.75) is 52.1 Å². The highest BCUT2D eigenvalue weighted by molar-refractivity contribution is 7.66. The van der Waals surface area contributed by atoms with Crippen LogP contribution in [0.3, 0.4) is 0 Å². The topological polar surface area (TPSA) is 111 Å². The number of hydrogen-bond donors (Lipinski definition) is 2. The number of rotatable bonds is 4. The fourth-order valence-corrected chi connectivity index (χ4v) is 7.57. The number of aliphatic imine (C=N–C) groups is 1. The van der Waals surface area contributed by atoms with Crippen molar-refractivity contribution in [3.63, 3.8) is 0 Å². The van der Waals surface area contributed by atoms with Gasteiger partial charge in [-0.05, 0) is 50.0 Å². The van der Waals surface area contributed by atoms with Crippen molar-refractivity contribution >= 4 is 41.2 Å². The van der Waals surface area contributed by atoms with Gasteiger partial charge >= 0.3 is 0 Å². The lowest BCUT2D eigenvalue weighted by molar-refractivity contribution is 0.171. The quantitative estimate of drug-likeness (QED) is 0.426. The molecule has 35 heavy (non-hydrogen) atoms. The average Bonchev–Trinajstić information content (AvgIpc) is 3.37. The summed E-state index contributed by atoms with van der Waals surface area (Å²) in [5, 5.41) is 4.34. The van der Waals surface area contributed by atoms with Gasteiger partial charge in [-0.15, -0.1) is 0 Å². The van der Waals surface area contributed by atoms with Gasteiger partial charge in [0.05, 0.1) is 5.71 Å². The Morgan fingerprint density at radius 2 is 1.86 bits per heavy atom. The van der Waals surface area contributed by atoms with Gasteiger partial charge in [-0.3, -0.25) is 4.57 Å². The Bertz CT molecular complexity index is 1210. The van der Waals surface area contributed by atoms with Gasteiger partial charge in [-0.1, -0.05) is 50.1 Å². The van der Waals surface area contributed by atoms with E-state index in [2.05, 4.69) is 21.9 Å². The van der Waals surface area contributed by atoms with Crippen LogP contribution in [0.15, 0.2) is 58.5 Å². The number of aromatic nitrogens is 2. The molecule has 0 spiro atoms. The van der Waals surface area contributed by atoms with Gasteiger partial charge < -0.3 is 15.4 Å². The van der Waals surface area contributed by atoms with Crippen molar-refractivity contribution in [1.82, 2.24) is 9.97 Å². The second-order valence-electron chi connectivity index (χ2n) is 9.84. The summed E-state index contributed by atoms with van der Waals surface area (Å²) in [7, 11) is -3.07. The third-order valence-corrected chi connectivity index (χ3v) is 9.52. The van der Waals surface area contributed by atoms with Crippen molar-refractivity contribution in [2.24, 2.45) is 16.8 Å². The Morgan fingerprint density at radius 1 is 1.14 bits per heavy atom. The van der Waals surface area contributed by atoms with Crippen LogP contribution in [0.4, 0.5) is 11.5 Å². The molecule has 3 aromatic rings. The van der Waals surface area contributed by atoms with Crippen LogP contribution in [0.25, 0.3) is 0 Å². The molecule has 0 saturated heterocycles. The first-order valence-corrected chi connectivity index (χ1v) is 14.7. The molecule has 9 heteroatoms. The number of hydrogen-bond acceptors (Lipinski definition) is 7. The molecule has 0 radical (unpaired) electrons. The van der Waals surface area contributed by atoms with Crippen LogP contribution >= 0.6 is 18.7 Å². The van der Waals surface area contributed by atoms with E-state index in [9.17, 15) is 9.46 Å². The highest BCUT2D eigenvalue weighted by atomic mass is 32.1. The van der Waals surface area contributed by atoms with Crippen molar-refractivity contribution in [1.29, 1.82) is 0 Å². The van der Waals surface area contributed by atoms with Gasteiger partial charge in [0, 0.05) is 22.4 Å². The van der Waals surface area contributed by atoms with Crippen molar-refractivity contribution in [3.05, 3.63) is 59.0 Å². The Morgan fingerprint density at radius 3 is 2.51 bits per heavy atom. The molecule has 1 aliphatic heterocycles. The highest BCUT2D eigenvalue weighted by Gasteiger charge is 2.35. The monoisotopic (exact) mass is 512 g/mol. The van der Waals surface area contributed by atoms with Crippen LogP contribution in [0.2, 0.25) is 0 Å². The summed E-state index contributed by atoms with van der Waals surface area (Å²) in [4.78, 5) is 22.7. The lowest BCUT2D eigenvalue weighted by Gasteiger charge is -2.32. The molecule has 1 atom stereocenters. The summed E-state index contributed by atoms with van der Waals surface area (Å²) in [6.45, 7) is 6.19. The molecule has 3 N–H and O–H groups in total. The van der Waals surface area contributed by atoms with E-state index in [1.54, 1.807) is 6.07 Å². The first-order chi connectivity index (χ1) is 16.7. The van der Waals surface area contributed by atoms with Gasteiger partial charge in [-0.25, -0.2) is 9.98 Å². The third-order valence-electron chi connectivity index (χ3n) is 6.56. The first-order valence-electron chi connectivity index (χ1n) is 11.9. The van der Waals surface area contributed by atoms with Gasteiger partial charge in [0.2, 0.25) is 13.2 Å². The zero-order valence-corrected chi connectivity index (χ0v) is 22.1. The van der Waals surface area contributed by atoms with Crippen LogP contribution in [-0.2, 0) is 4.57 Å². The number of anilines is 1. The number of benzene rings is 1. The van der Waals surface area contributed by atoms with E-state index >= 15 is 0 Å². The molecule has 7 nitrogen and oxygen atoms in total. The van der Waals surface area contributed by atoms with Crippen molar-refractivity contribution < 1.29 is 14.2 Å². The molecule has 0 amide bonds. The lowest BCUT2D eigenvalue weighted by atomic mass is 9.84. The minimum absolute atomic E-state index is 0.328. The minimum atomic E-state index is -3.07. The number of fused-ring (bicyclic) bond motifs is 1. The van der Waals surface area contributed by atoms with E-state index < -0.39 is 13.0 Å². The summed E-state index contributed by atoms with van der Waals surface area (Å²) < 4.78 is 18.1. The fraction of sp³-hybridized carbons (Fsp3) is 0.423. The van der Waals surface area contributed by atoms with Gasteiger partial charge in [0.15, 0.2) is 11.5 Å². The predicted molar refractivity (Wildman–Crippen MR) is 144 cm³/mol. The number of nitrogen functional groups attached to an aromatic ring is 1. The summed E-state index contributed by atoms with van der Waals surface area (Å²) >= 11 is 1.50. The van der Waals surface area contributed by atoms with E-state index in [0.29, 0.717) is 34.8 Å². The van der Waals surface area contributed by atoms with Crippen LogP contribution in [0, 0.1) is 11.8 Å². The van der Waals surface area contributed by atoms with Gasteiger partial charge in [-0.2, -0.15) is 16.3 Å². The molecular formula is C26H33N4O3PS. The second kappa shape index (κ2) is 10.6. The molecule has 1 aromatic carbocycles. The Balaban J connectivity index is 0.000000168. The first kappa shape index (κ1) is 25.5. The molecule has 2 aliphatic rings. The van der Waals surface area contributed by atoms with Crippen LogP contribution in [0.5, 0.6) is 5.88 Å². The number of ether oxygens (including phenoxy) is 1. The highest BCUT2D eigenvalue weighted by Crippen LogP contribution is 2.45. The molecule has 1 unspecified atom stereocenters. The molecule has 3 heterocycles. The molecule has 0 bridgehead atoms. The molecule has 1 saturated carbocycles. The minimum Gasteiger partial charge on any atom is -0.463 e. The summed E-state index contributed by atoms with van der Waals surface area (Å²) in [5.74, 6) is 2.01. The number of nitrogens with zero attached hydrogens (tertiary/aromatic N) is 3. The zero-order chi connectivity index (χ0) is 25.1. The lowest BCUT2D eigenvalue weighted by Crippen LogP contribution is -2.41.